The topological polar surface area (TPSA) is 136 Å². The molecule has 0 aliphatic rings. The highest BCUT2D eigenvalue weighted by Crippen LogP contribution is 2.13. The third-order valence-electron chi connectivity index (χ3n) is 2.67. The summed E-state index contributed by atoms with van der Waals surface area (Å²) < 4.78 is 0. The summed E-state index contributed by atoms with van der Waals surface area (Å²) >= 11 is 0. The molecule has 0 heterocycles. The largest absolute Gasteiger partial charge is 0.480 e. The number of rotatable bonds is 7. The summed E-state index contributed by atoms with van der Waals surface area (Å²) in [5.41, 5.74) is 11.5. The lowest BCUT2D eigenvalue weighted by Gasteiger charge is -2.15. The Morgan fingerprint density at radius 3 is 2.25 bits per heavy atom. The zero-order chi connectivity index (χ0) is 15.1. The number of carboxylic acids is 1. The molecule has 1 aromatic rings. The SMILES string of the molecule is NC(=O)C[C@@H](NC(=O)CC(N)c1ccccc1)C(=O)O. The van der Waals surface area contributed by atoms with Crippen molar-refractivity contribution < 1.29 is 19.5 Å². The van der Waals surface area contributed by atoms with E-state index >= 15 is 0 Å². The van der Waals surface area contributed by atoms with Crippen LogP contribution < -0.4 is 16.8 Å². The van der Waals surface area contributed by atoms with Gasteiger partial charge in [0.2, 0.25) is 11.8 Å². The van der Waals surface area contributed by atoms with Crippen molar-refractivity contribution in [2.45, 2.75) is 24.9 Å². The third-order valence-corrected chi connectivity index (χ3v) is 2.67. The maximum atomic E-state index is 11.7. The molecule has 6 N–H and O–H groups in total. The van der Waals surface area contributed by atoms with Crippen LogP contribution in [-0.4, -0.2) is 28.9 Å². The first-order chi connectivity index (χ1) is 9.40. The Morgan fingerprint density at radius 1 is 1.15 bits per heavy atom. The fourth-order valence-corrected chi connectivity index (χ4v) is 1.67. The molecule has 0 aliphatic heterocycles. The molecule has 0 saturated carbocycles. The number of benzene rings is 1. The Balaban J connectivity index is 2.57. The van der Waals surface area contributed by atoms with Gasteiger partial charge < -0.3 is 21.9 Å². The fraction of sp³-hybridized carbons (Fsp3) is 0.308. The molecular formula is C13H17N3O4. The lowest BCUT2D eigenvalue weighted by Crippen LogP contribution is -2.44. The van der Waals surface area contributed by atoms with Crippen LogP contribution in [0.2, 0.25) is 0 Å². The number of amides is 2. The molecule has 108 valence electrons. The molecule has 1 unspecified atom stereocenters. The normalized spacial score (nSPS) is 13.2. The van der Waals surface area contributed by atoms with E-state index in [0.717, 1.165) is 5.56 Å². The highest BCUT2D eigenvalue weighted by atomic mass is 16.4. The monoisotopic (exact) mass is 279 g/mol. The smallest absolute Gasteiger partial charge is 0.326 e. The number of carbonyl (C=O) groups excluding carboxylic acids is 2. The third kappa shape index (κ3) is 5.07. The van der Waals surface area contributed by atoms with Crippen molar-refractivity contribution in [3.8, 4) is 0 Å². The van der Waals surface area contributed by atoms with Crippen molar-refractivity contribution >= 4 is 17.8 Å². The van der Waals surface area contributed by atoms with Crippen LogP contribution in [-0.2, 0) is 14.4 Å². The van der Waals surface area contributed by atoms with Gasteiger partial charge in [0.25, 0.3) is 0 Å². The highest BCUT2D eigenvalue weighted by molar-refractivity contribution is 5.88. The molecule has 0 saturated heterocycles. The van der Waals surface area contributed by atoms with Gasteiger partial charge in [0, 0.05) is 12.5 Å². The summed E-state index contributed by atoms with van der Waals surface area (Å²) in [5, 5.41) is 11.1. The first-order valence-electron chi connectivity index (χ1n) is 6.01. The van der Waals surface area contributed by atoms with E-state index in [2.05, 4.69) is 5.32 Å². The van der Waals surface area contributed by atoms with Crippen molar-refractivity contribution in [3.05, 3.63) is 35.9 Å². The molecule has 0 aromatic heterocycles. The molecule has 0 bridgehead atoms. The van der Waals surface area contributed by atoms with Crippen LogP contribution in [0, 0.1) is 0 Å². The minimum Gasteiger partial charge on any atom is -0.480 e. The molecule has 20 heavy (non-hydrogen) atoms. The van der Waals surface area contributed by atoms with Crippen molar-refractivity contribution in [1.82, 2.24) is 5.32 Å². The summed E-state index contributed by atoms with van der Waals surface area (Å²) in [4.78, 5) is 33.3. The number of aliphatic carboxylic acids is 1. The molecule has 1 aromatic carbocycles. The number of primary amides is 1. The minimum absolute atomic E-state index is 0.0768. The number of carbonyl (C=O) groups is 3. The van der Waals surface area contributed by atoms with Gasteiger partial charge in [0.05, 0.1) is 6.42 Å². The van der Waals surface area contributed by atoms with Gasteiger partial charge in [-0.1, -0.05) is 30.3 Å². The Morgan fingerprint density at radius 2 is 1.75 bits per heavy atom. The molecule has 1 rings (SSSR count). The summed E-state index contributed by atoms with van der Waals surface area (Å²) in [6, 6.07) is 7.08. The summed E-state index contributed by atoms with van der Waals surface area (Å²) in [6.45, 7) is 0. The molecule has 0 aliphatic carbocycles. The number of carboxylic acid groups (broad SMARTS) is 1. The van der Waals surface area contributed by atoms with Crippen LogP contribution in [0.5, 0.6) is 0 Å². The molecule has 2 amide bonds. The number of nitrogens with two attached hydrogens (primary N) is 2. The number of hydrogen-bond acceptors (Lipinski definition) is 4. The molecular weight excluding hydrogens is 262 g/mol. The van der Waals surface area contributed by atoms with Gasteiger partial charge in [-0.3, -0.25) is 9.59 Å². The second-order valence-corrected chi connectivity index (χ2v) is 4.35. The Labute approximate surface area is 115 Å². The van der Waals surface area contributed by atoms with E-state index < -0.39 is 36.3 Å². The molecule has 7 nitrogen and oxygen atoms in total. The summed E-state index contributed by atoms with van der Waals surface area (Å²) in [7, 11) is 0. The lowest BCUT2D eigenvalue weighted by atomic mass is 10.0. The van der Waals surface area contributed by atoms with Crippen LogP contribution in [0.3, 0.4) is 0 Å². The van der Waals surface area contributed by atoms with E-state index in [9.17, 15) is 14.4 Å². The van der Waals surface area contributed by atoms with Crippen molar-refractivity contribution in [2.75, 3.05) is 0 Å². The van der Waals surface area contributed by atoms with E-state index in [1.54, 1.807) is 24.3 Å². The van der Waals surface area contributed by atoms with Crippen LogP contribution in [0.1, 0.15) is 24.4 Å². The lowest BCUT2D eigenvalue weighted by molar-refractivity contribution is -0.143. The van der Waals surface area contributed by atoms with E-state index in [1.165, 1.54) is 0 Å². The molecule has 2 atom stereocenters. The predicted molar refractivity (Wildman–Crippen MR) is 71.4 cm³/mol. The molecule has 0 spiro atoms. The second kappa shape index (κ2) is 7.25. The van der Waals surface area contributed by atoms with Crippen LogP contribution in [0.4, 0.5) is 0 Å². The Kier molecular flexibility index (Phi) is 5.67. The second-order valence-electron chi connectivity index (χ2n) is 4.35. The van der Waals surface area contributed by atoms with Crippen LogP contribution in [0.25, 0.3) is 0 Å². The van der Waals surface area contributed by atoms with Crippen molar-refractivity contribution in [1.29, 1.82) is 0 Å². The maximum absolute atomic E-state index is 11.7. The Hall–Kier alpha value is -2.41. The van der Waals surface area contributed by atoms with E-state index in [1.807, 2.05) is 6.07 Å². The predicted octanol–water partition coefficient (Wildman–Crippen LogP) is -0.479. The first kappa shape index (κ1) is 15.6. The average Bonchev–Trinajstić information content (AvgIpc) is 2.38. The van der Waals surface area contributed by atoms with Crippen LogP contribution in [0.15, 0.2) is 30.3 Å². The number of nitrogens with one attached hydrogen (secondary N) is 1. The maximum Gasteiger partial charge on any atom is 0.326 e. The zero-order valence-corrected chi connectivity index (χ0v) is 10.8. The van der Waals surface area contributed by atoms with Crippen molar-refractivity contribution in [3.63, 3.8) is 0 Å². The van der Waals surface area contributed by atoms with E-state index in [-0.39, 0.29) is 6.42 Å². The van der Waals surface area contributed by atoms with Gasteiger partial charge in [0.15, 0.2) is 0 Å². The quantitative estimate of drug-likeness (QED) is 0.534. The summed E-state index contributed by atoms with van der Waals surface area (Å²) in [6.07, 6.45) is -0.534. The van der Waals surface area contributed by atoms with E-state index in [4.69, 9.17) is 16.6 Å². The number of hydrogen-bond donors (Lipinski definition) is 4. The van der Waals surface area contributed by atoms with Gasteiger partial charge in [-0.05, 0) is 5.56 Å². The van der Waals surface area contributed by atoms with Crippen molar-refractivity contribution in [2.24, 2.45) is 11.5 Å². The fourth-order valence-electron chi connectivity index (χ4n) is 1.67. The zero-order valence-electron chi connectivity index (χ0n) is 10.8. The minimum atomic E-state index is -1.33. The van der Waals surface area contributed by atoms with Gasteiger partial charge in [-0.15, -0.1) is 0 Å². The average molecular weight is 279 g/mol. The van der Waals surface area contributed by atoms with Gasteiger partial charge >= 0.3 is 5.97 Å². The standard InChI is InChI=1S/C13H17N3O4/c14-9(8-4-2-1-3-5-8)6-12(18)16-10(13(19)20)7-11(15)17/h1-5,9-10H,6-7,14H2,(H2,15,17)(H,16,18)(H,19,20)/t9?,10-/m1/s1. The Bertz CT molecular complexity index is 490. The molecule has 0 radical (unpaired) electrons. The van der Waals surface area contributed by atoms with Crippen LogP contribution >= 0.6 is 0 Å². The van der Waals surface area contributed by atoms with E-state index in [0.29, 0.717) is 0 Å². The molecule has 7 heteroatoms. The highest BCUT2D eigenvalue weighted by Gasteiger charge is 2.23. The summed E-state index contributed by atoms with van der Waals surface area (Å²) in [5.74, 6) is -2.66. The van der Waals surface area contributed by atoms with Gasteiger partial charge in [-0.2, -0.15) is 0 Å². The molecule has 0 fully saturated rings. The first-order valence-corrected chi connectivity index (χ1v) is 6.01. The van der Waals surface area contributed by atoms with Gasteiger partial charge in [0.1, 0.15) is 6.04 Å². The van der Waals surface area contributed by atoms with Gasteiger partial charge in [-0.25, -0.2) is 4.79 Å².